The van der Waals surface area contributed by atoms with Crippen molar-refractivity contribution in [2.45, 2.75) is 18.8 Å². The molecule has 3 rings (SSSR count). The van der Waals surface area contributed by atoms with Crippen molar-refractivity contribution >= 4 is 17.5 Å². The molecule has 0 saturated heterocycles. The summed E-state index contributed by atoms with van der Waals surface area (Å²) < 4.78 is 6.57. The Bertz CT molecular complexity index is 1230. The van der Waals surface area contributed by atoms with Crippen molar-refractivity contribution in [3.05, 3.63) is 91.7 Å². The van der Waals surface area contributed by atoms with Gasteiger partial charge in [-0.3, -0.25) is 14.2 Å². The van der Waals surface area contributed by atoms with Crippen LogP contribution in [0, 0.1) is 0 Å². The van der Waals surface area contributed by atoms with Crippen molar-refractivity contribution < 1.29 is 19.7 Å². The normalized spacial score (nSPS) is 12.8. The van der Waals surface area contributed by atoms with Gasteiger partial charge in [0.1, 0.15) is 6.20 Å². The van der Waals surface area contributed by atoms with E-state index in [1.54, 1.807) is 24.3 Å². The molecule has 0 aliphatic rings. The van der Waals surface area contributed by atoms with Gasteiger partial charge in [-0.25, -0.2) is 4.79 Å². The number of nitrogens with one attached hydrogen (secondary N) is 1. The molecule has 1 heterocycles. The molecule has 0 fully saturated rings. The third-order valence-electron chi connectivity index (χ3n) is 4.79. The Kier molecular flexibility index (Phi) is 8.12. The summed E-state index contributed by atoms with van der Waals surface area (Å²) in [4.78, 5) is 37.6. The molecule has 0 spiro atoms. The first-order chi connectivity index (χ1) is 15.8. The molecule has 0 aliphatic carbocycles. The van der Waals surface area contributed by atoms with Gasteiger partial charge in [-0.2, -0.15) is 9.78 Å². The largest absolute Gasteiger partial charge is 0.389 e. The highest BCUT2D eigenvalue weighted by Crippen LogP contribution is 2.19. The van der Waals surface area contributed by atoms with Crippen LogP contribution in [0.2, 0.25) is 5.02 Å². The standard InChI is InChI=1S/C22H23ClN4O6/c1-33-13-16(28)12-26-20(30)11-25-27(22(26)32)15-7-8-18(23)17(9-15)21(31)24-10-19(29)14-5-3-2-4-6-14/h2-9,11,16,19,28-29H,10,12-13H2,1H3,(H,24,31). The van der Waals surface area contributed by atoms with Crippen molar-refractivity contribution in [3.8, 4) is 5.69 Å². The number of hydrogen-bond acceptors (Lipinski definition) is 7. The lowest BCUT2D eigenvalue weighted by Gasteiger charge is -2.14. The third-order valence-corrected chi connectivity index (χ3v) is 5.12. The van der Waals surface area contributed by atoms with E-state index in [1.807, 2.05) is 6.07 Å². The number of rotatable bonds is 9. The maximum Gasteiger partial charge on any atom is 0.352 e. The maximum atomic E-state index is 12.8. The van der Waals surface area contributed by atoms with Crippen LogP contribution in [0.5, 0.6) is 0 Å². The van der Waals surface area contributed by atoms with Gasteiger partial charge in [-0.1, -0.05) is 41.9 Å². The zero-order chi connectivity index (χ0) is 24.0. The van der Waals surface area contributed by atoms with Gasteiger partial charge in [-0.15, -0.1) is 0 Å². The number of aliphatic hydroxyl groups excluding tert-OH is 2. The van der Waals surface area contributed by atoms with Crippen molar-refractivity contribution in [2.24, 2.45) is 0 Å². The van der Waals surface area contributed by atoms with E-state index < -0.39 is 29.4 Å². The van der Waals surface area contributed by atoms with Crippen LogP contribution in [0.15, 0.2) is 64.3 Å². The second kappa shape index (κ2) is 11.0. The van der Waals surface area contributed by atoms with Crippen LogP contribution in [0.4, 0.5) is 0 Å². The summed E-state index contributed by atoms with van der Waals surface area (Å²) in [6.45, 7) is -0.398. The number of benzene rings is 2. The molecule has 1 aromatic heterocycles. The number of carbonyl (C=O) groups is 1. The summed E-state index contributed by atoms with van der Waals surface area (Å²) in [5.74, 6) is -0.561. The fourth-order valence-corrected chi connectivity index (χ4v) is 3.34. The SMILES string of the molecule is COCC(O)Cn1c(=O)cnn(-c2ccc(Cl)c(C(=O)NCC(O)c3ccccc3)c2)c1=O. The molecule has 33 heavy (non-hydrogen) atoms. The smallest absolute Gasteiger partial charge is 0.352 e. The first-order valence-electron chi connectivity index (χ1n) is 9.99. The second-order valence-corrected chi connectivity index (χ2v) is 7.60. The number of ether oxygens (including phenoxy) is 1. The van der Waals surface area contributed by atoms with Crippen LogP contribution >= 0.6 is 11.6 Å². The molecule has 0 radical (unpaired) electrons. The minimum Gasteiger partial charge on any atom is -0.389 e. The predicted molar refractivity (Wildman–Crippen MR) is 121 cm³/mol. The van der Waals surface area contributed by atoms with Crippen molar-refractivity contribution in [2.75, 3.05) is 20.3 Å². The molecular weight excluding hydrogens is 452 g/mol. The van der Waals surface area contributed by atoms with Crippen molar-refractivity contribution in [1.29, 1.82) is 0 Å². The number of hydrogen-bond donors (Lipinski definition) is 3. The topological polar surface area (TPSA) is 136 Å². The molecule has 2 aromatic carbocycles. The zero-order valence-corrected chi connectivity index (χ0v) is 18.5. The second-order valence-electron chi connectivity index (χ2n) is 7.20. The van der Waals surface area contributed by atoms with Gasteiger partial charge < -0.3 is 20.3 Å². The number of carbonyl (C=O) groups excluding carboxylic acids is 1. The van der Waals surface area contributed by atoms with Gasteiger partial charge in [0.2, 0.25) is 0 Å². The van der Waals surface area contributed by atoms with Crippen LogP contribution in [0.1, 0.15) is 22.0 Å². The zero-order valence-electron chi connectivity index (χ0n) is 17.7. The number of halogens is 1. The molecule has 3 aromatic rings. The molecule has 2 atom stereocenters. The molecule has 174 valence electrons. The van der Waals surface area contributed by atoms with Gasteiger partial charge >= 0.3 is 5.69 Å². The van der Waals surface area contributed by atoms with Gasteiger partial charge in [0.25, 0.3) is 11.5 Å². The summed E-state index contributed by atoms with van der Waals surface area (Å²) in [6, 6.07) is 13.1. The summed E-state index contributed by atoms with van der Waals surface area (Å²) in [5, 5.41) is 26.7. The number of aliphatic hydroxyl groups is 2. The molecule has 1 amide bonds. The highest BCUT2D eigenvalue weighted by atomic mass is 35.5. The van der Waals surface area contributed by atoms with Crippen LogP contribution < -0.4 is 16.6 Å². The molecule has 2 unspecified atom stereocenters. The van der Waals surface area contributed by atoms with Gasteiger partial charge in [0.05, 0.1) is 41.6 Å². The Morgan fingerprint density at radius 3 is 2.61 bits per heavy atom. The lowest BCUT2D eigenvalue weighted by Crippen LogP contribution is -2.43. The molecule has 0 saturated carbocycles. The highest BCUT2D eigenvalue weighted by Gasteiger charge is 2.17. The Balaban J connectivity index is 1.85. The monoisotopic (exact) mass is 474 g/mol. The Morgan fingerprint density at radius 2 is 1.91 bits per heavy atom. The van der Waals surface area contributed by atoms with Crippen LogP contribution in [-0.4, -0.2) is 56.8 Å². The highest BCUT2D eigenvalue weighted by molar-refractivity contribution is 6.33. The van der Waals surface area contributed by atoms with Gasteiger partial charge in [0, 0.05) is 13.7 Å². The average Bonchev–Trinajstić information content (AvgIpc) is 2.81. The summed E-state index contributed by atoms with van der Waals surface area (Å²) in [5.41, 5.74) is -0.598. The van der Waals surface area contributed by atoms with E-state index in [2.05, 4.69) is 10.4 Å². The number of aromatic nitrogens is 3. The number of amides is 1. The van der Waals surface area contributed by atoms with E-state index in [4.69, 9.17) is 16.3 Å². The van der Waals surface area contributed by atoms with E-state index in [-0.39, 0.29) is 36.0 Å². The lowest BCUT2D eigenvalue weighted by atomic mass is 10.1. The minimum absolute atomic E-state index is 0.0517. The predicted octanol–water partition coefficient (Wildman–Crippen LogP) is 0.518. The molecule has 0 bridgehead atoms. The molecule has 10 nitrogen and oxygen atoms in total. The Morgan fingerprint density at radius 1 is 1.18 bits per heavy atom. The number of methoxy groups -OCH3 is 1. The first-order valence-corrected chi connectivity index (χ1v) is 10.4. The average molecular weight is 475 g/mol. The minimum atomic E-state index is -1.07. The van der Waals surface area contributed by atoms with E-state index in [0.29, 0.717) is 5.56 Å². The molecule has 3 N–H and O–H groups in total. The summed E-state index contributed by atoms with van der Waals surface area (Å²) >= 11 is 6.18. The van der Waals surface area contributed by atoms with Gasteiger partial charge in [-0.05, 0) is 23.8 Å². The maximum absolute atomic E-state index is 12.8. The summed E-state index contributed by atoms with van der Waals surface area (Å²) in [6.07, 6.45) is -1.05. The molecule has 11 heteroatoms. The van der Waals surface area contributed by atoms with Crippen molar-refractivity contribution in [1.82, 2.24) is 19.7 Å². The van der Waals surface area contributed by atoms with Crippen LogP contribution in [-0.2, 0) is 11.3 Å². The lowest BCUT2D eigenvalue weighted by molar-refractivity contribution is 0.0519. The van der Waals surface area contributed by atoms with Crippen LogP contribution in [0.3, 0.4) is 0 Å². The Hall–Kier alpha value is -3.31. The van der Waals surface area contributed by atoms with E-state index in [9.17, 15) is 24.6 Å². The van der Waals surface area contributed by atoms with E-state index in [0.717, 1.165) is 15.4 Å². The van der Waals surface area contributed by atoms with Crippen molar-refractivity contribution in [3.63, 3.8) is 0 Å². The Labute approximate surface area is 193 Å². The fourth-order valence-electron chi connectivity index (χ4n) is 3.13. The molecular formula is C22H23ClN4O6. The number of nitrogens with zero attached hydrogens (tertiary/aromatic N) is 3. The van der Waals surface area contributed by atoms with Crippen LogP contribution in [0.25, 0.3) is 5.69 Å². The first kappa shape index (κ1) is 24.3. The fraction of sp³-hybridized carbons (Fsp3) is 0.273. The van der Waals surface area contributed by atoms with Gasteiger partial charge in [0.15, 0.2) is 0 Å². The van der Waals surface area contributed by atoms with E-state index in [1.165, 1.54) is 25.3 Å². The molecule has 0 aliphatic heterocycles. The van der Waals surface area contributed by atoms with E-state index >= 15 is 0 Å². The summed E-state index contributed by atoms with van der Waals surface area (Å²) in [7, 11) is 1.38. The third kappa shape index (κ3) is 5.93. The quantitative estimate of drug-likeness (QED) is 0.411.